The maximum absolute atomic E-state index is 11.3. The molecule has 0 radical (unpaired) electrons. The van der Waals surface area contributed by atoms with Crippen LogP contribution in [0.25, 0.3) is 0 Å². The molecule has 7 heteroatoms. The summed E-state index contributed by atoms with van der Waals surface area (Å²) < 4.78 is 15.3. The first-order valence-corrected chi connectivity index (χ1v) is 5.66. The highest BCUT2D eigenvalue weighted by Gasteiger charge is 2.38. The Morgan fingerprint density at radius 3 is 2.68 bits per heavy atom. The number of ether oxygens (including phenoxy) is 3. The fraction of sp³-hybridized carbons (Fsp3) is 0.583. The van der Waals surface area contributed by atoms with Crippen LogP contribution in [0.15, 0.2) is 12.3 Å². The van der Waals surface area contributed by atoms with E-state index in [1.807, 2.05) is 0 Å². The van der Waals surface area contributed by atoms with Crippen molar-refractivity contribution in [3.05, 3.63) is 12.3 Å². The minimum Gasteiger partial charge on any atom is -0.481 e. The molecule has 0 saturated carbocycles. The third-order valence-corrected chi connectivity index (χ3v) is 2.49. The van der Waals surface area contributed by atoms with Crippen LogP contribution in [0.1, 0.15) is 13.8 Å². The van der Waals surface area contributed by atoms with Gasteiger partial charge in [0.05, 0.1) is 13.7 Å². The van der Waals surface area contributed by atoms with Crippen molar-refractivity contribution >= 4 is 5.97 Å². The summed E-state index contributed by atoms with van der Waals surface area (Å²) in [5.74, 6) is -0.799. The summed E-state index contributed by atoms with van der Waals surface area (Å²) in [6.07, 6.45) is 0.309. The van der Waals surface area contributed by atoms with Gasteiger partial charge in [-0.1, -0.05) is 13.8 Å². The van der Waals surface area contributed by atoms with Crippen molar-refractivity contribution in [2.75, 3.05) is 20.8 Å². The lowest BCUT2D eigenvalue weighted by atomic mass is 9.87. The first-order chi connectivity index (χ1) is 8.90. The van der Waals surface area contributed by atoms with Gasteiger partial charge < -0.3 is 19.3 Å². The monoisotopic (exact) mass is 270 g/mol. The van der Waals surface area contributed by atoms with E-state index in [4.69, 9.17) is 14.2 Å². The Labute approximate surface area is 111 Å². The lowest BCUT2D eigenvalue weighted by molar-refractivity contribution is -0.153. The second-order valence-electron chi connectivity index (χ2n) is 4.64. The van der Waals surface area contributed by atoms with Gasteiger partial charge in [0, 0.05) is 24.8 Å². The molecule has 1 atom stereocenters. The van der Waals surface area contributed by atoms with Crippen LogP contribution in [0.5, 0.6) is 11.9 Å². The van der Waals surface area contributed by atoms with E-state index in [9.17, 15) is 9.90 Å². The van der Waals surface area contributed by atoms with Gasteiger partial charge in [0.2, 0.25) is 12.0 Å². The first kappa shape index (κ1) is 15.2. The molecule has 1 unspecified atom stereocenters. The van der Waals surface area contributed by atoms with Gasteiger partial charge in [-0.05, 0) is 0 Å². The summed E-state index contributed by atoms with van der Waals surface area (Å²) in [5, 5.41) is 9.26. The number of aromatic nitrogens is 2. The van der Waals surface area contributed by atoms with Crippen molar-refractivity contribution in [1.29, 1.82) is 0 Å². The number of hydrogen-bond acceptors (Lipinski definition) is 6. The van der Waals surface area contributed by atoms with E-state index in [2.05, 4.69) is 9.97 Å². The fourth-order valence-corrected chi connectivity index (χ4v) is 1.59. The van der Waals surface area contributed by atoms with Crippen LogP contribution in [-0.2, 0) is 9.53 Å². The van der Waals surface area contributed by atoms with E-state index < -0.39 is 17.5 Å². The van der Waals surface area contributed by atoms with Crippen LogP contribution in [-0.4, -0.2) is 48.0 Å². The van der Waals surface area contributed by atoms with Gasteiger partial charge in [-0.3, -0.25) is 0 Å². The average Bonchev–Trinajstić information content (AvgIpc) is 2.35. The fourth-order valence-electron chi connectivity index (χ4n) is 1.59. The molecule has 0 spiro atoms. The smallest absolute Gasteiger partial charge is 0.345 e. The predicted molar refractivity (Wildman–Crippen MR) is 66.3 cm³/mol. The molecule has 1 rings (SSSR count). The Hall–Kier alpha value is -1.89. The number of rotatable bonds is 7. The minimum absolute atomic E-state index is 0.0454. The second kappa shape index (κ2) is 6.33. The Morgan fingerprint density at radius 2 is 2.16 bits per heavy atom. The number of methoxy groups -OCH3 is 2. The van der Waals surface area contributed by atoms with E-state index in [1.165, 1.54) is 20.4 Å². The molecular weight excluding hydrogens is 252 g/mol. The highest BCUT2D eigenvalue weighted by Crippen LogP contribution is 2.25. The van der Waals surface area contributed by atoms with Gasteiger partial charge in [-0.2, -0.15) is 4.98 Å². The highest BCUT2D eigenvalue weighted by molar-refractivity contribution is 5.73. The van der Waals surface area contributed by atoms with Gasteiger partial charge in [0.1, 0.15) is 0 Å². The van der Waals surface area contributed by atoms with Crippen molar-refractivity contribution < 1.29 is 24.1 Å². The second-order valence-corrected chi connectivity index (χ2v) is 4.64. The average molecular weight is 270 g/mol. The van der Waals surface area contributed by atoms with Gasteiger partial charge in [-0.25, -0.2) is 9.78 Å². The standard InChI is InChI=1S/C12H18N2O5/c1-12(2,7-17-3)9(10(15)16)19-11-13-6-5-8(14-11)18-4/h5-6,9H,7H2,1-4H3,(H,15,16). The predicted octanol–water partition coefficient (Wildman–Crippen LogP) is 0.990. The zero-order valence-corrected chi connectivity index (χ0v) is 11.4. The van der Waals surface area contributed by atoms with Crippen LogP contribution < -0.4 is 9.47 Å². The molecule has 1 heterocycles. The number of carboxylic acid groups (broad SMARTS) is 1. The molecule has 0 fully saturated rings. The molecule has 106 valence electrons. The molecule has 0 aliphatic rings. The Kier molecular flexibility index (Phi) is 5.05. The normalized spacial score (nSPS) is 12.8. The molecule has 1 aromatic rings. The molecule has 7 nitrogen and oxygen atoms in total. The molecule has 0 bridgehead atoms. The third-order valence-electron chi connectivity index (χ3n) is 2.49. The van der Waals surface area contributed by atoms with Gasteiger partial charge in [0.15, 0.2) is 0 Å². The molecule has 0 aliphatic carbocycles. The number of aliphatic carboxylic acids is 1. The van der Waals surface area contributed by atoms with Crippen molar-refractivity contribution in [3.8, 4) is 11.9 Å². The van der Waals surface area contributed by atoms with Crippen LogP contribution in [0.4, 0.5) is 0 Å². The quantitative estimate of drug-likeness (QED) is 0.790. The molecule has 0 aliphatic heterocycles. The summed E-state index contributed by atoms with van der Waals surface area (Å²) in [6.45, 7) is 3.69. The Balaban J connectivity index is 2.92. The largest absolute Gasteiger partial charge is 0.481 e. The zero-order chi connectivity index (χ0) is 14.5. The van der Waals surface area contributed by atoms with E-state index in [0.29, 0.717) is 5.88 Å². The number of carbonyl (C=O) groups is 1. The topological polar surface area (TPSA) is 90.8 Å². The van der Waals surface area contributed by atoms with Crippen molar-refractivity contribution in [1.82, 2.24) is 9.97 Å². The molecule has 0 aromatic carbocycles. The van der Waals surface area contributed by atoms with E-state index in [-0.39, 0.29) is 12.6 Å². The van der Waals surface area contributed by atoms with Crippen LogP contribution in [0.3, 0.4) is 0 Å². The molecule has 0 saturated heterocycles. The Morgan fingerprint density at radius 1 is 1.47 bits per heavy atom. The summed E-state index contributed by atoms with van der Waals surface area (Å²) >= 11 is 0. The van der Waals surface area contributed by atoms with Crippen LogP contribution in [0, 0.1) is 5.41 Å². The third kappa shape index (κ3) is 4.06. The number of carboxylic acids is 1. The van der Waals surface area contributed by atoms with E-state index in [1.54, 1.807) is 19.9 Å². The van der Waals surface area contributed by atoms with Gasteiger partial charge in [-0.15, -0.1) is 0 Å². The highest BCUT2D eigenvalue weighted by atomic mass is 16.5. The summed E-state index contributed by atoms with van der Waals surface area (Å²) in [6, 6.07) is 1.50. The summed E-state index contributed by atoms with van der Waals surface area (Å²) in [4.78, 5) is 19.1. The van der Waals surface area contributed by atoms with Crippen molar-refractivity contribution in [3.63, 3.8) is 0 Å². The lowest BCUT2D eigenvalue weighted by Gasteiger charge is -2.29. The van der Waals surface area contributed by atoms with E-state index >= 15 is 0 Å². The first-order valence-electron chi connectivity index (χ1n) is 5.66. The summed E-state index contributed by atoms with van der Waals surface area (Å²) in [7, 11) is 2.96. The SMILES string of the molecule is COCC(C)(C)C(Oc1nccc(OC)n1)C(=O)O. The minimum atomic E-state index is -1.13. The van der Waals surface area contributed by atoms with Crippen molar-refractivity contribution in [2.45, 2.75) is 20.0 Å². The maximum Gasteiger partial charge on any atom is 0.345 e. The molecular formula is C12H18N2O5. The van der Waals surface area contributed by atoms with Crippen LogP contribution in [0.2, 0.25) is 0 Å². The number of hydrogen-bond donors (Lipinski definition) is 1. The summed E-state index contributed by atoms with van der Waals surface area (Å²) in [5.41, 5.74) is -0.729. The number of nitrogens with zero attached hydrogens (tertiary/aromatic N) is 2. The molecule has 1 N–H and O–H groups in total. The van der Waals surface area contributed by atoms with Crippen LogP contribution >= 0.6 is 0 Å². The molecule has 1 aromatic heterocycles. The maximum atomic E-state index is 11.3. The zero-order valence-electron chi connectivity index (χ0n) is 11.4. The molecule has 0 amide bonds. The van der Waals surface area contributed by atoms with E-state index in [0.717, 1.165) is 0 Å². The van der Waals surface area contributed by atoms with Gasteiger partial charge >= 0.3 is 12.0 Å². The molecule has 19 heavy (non-hydrogen) atoms. The Bertz CT molecular complexity index is 436. The van der Waals surface area contributed by atoms with Crippen molar-refractivity contribution in [2.24, 2.45) is 5.41 Å². The lowest BCUT2D eigenvalue weighted by Crippen LogP contribution is -2.44. The van der Waals surface area contributed by atoms with Gasteiger partial charge in [0.25, 0.3) is 0 Å².